The second kappa shape index (κ2) is 5.66. The summed E-state index contributed by atoms with van der Waals surface area (Å²) in [5, 5.41) is 0. The van der Waals surface area contributed by atoms with Gasteiger partial charge in [0, 0.05) is 12.8 Å². The van der Waals surface area contributed by atoms with Crippen molar-refractivity contribution in [3.05, 3.63) is 0 Å². The van der Waals surface area contributed by atoms with Crippen molar-refractivity contribution in [2.45, 2.75) is 60.8 Å². The third-order valence-electron chi connectivity index (χ3n) is 3.78. The number of nitrogens with zero attached hydrogens (tertiary/aromatic N) is 1. The van der Waals surface area contributed by atoms with Crippen molar-refractivity contribution in [1.29, 1.82) is 0 Å². The quantitative estimate of drug-likeness (QED) is 0.745. The van der Waals surface area contributed by atoms with E-state index in [2.05, 4.69) is 20.8 Å². The van der Waals surface area contributed by atoms with Gasteiger partial charge in [0.05, 0.1) is 12.5 Å². The Morgan fingerprint density at radius 2 is 1.70 bits per heavy atom. The van der Waals surface area contributed by atoms with E-state index in [1.54, 1.807) is 0 Å². The van der Waals surface area contributed by atoms with Gasteiger partial charge >= 0.3 is 0 Å². The molecule has 1 fully saturated rings. The minimum atomic E-state index is -0.301. The summed E-state index contributed by atoms with van der Waals surface area (Å²) < 4.78 is 0. The van der Waals surface area contributed by atoms with Crippen LogP contribution in [0.3, 0.4) is 0 Å². The van der Waals surface area contributed by atoms with Gasteiger partial charge in [-0.3, -0.25) is 19.3 Å². The molecule has 1 rings (SSSR count). The van der Waals surface area contributed by atoms with Gasteiger partial charge in [-0.05, 0) is 17.3 Å². The van der Waals surface area contributed by atoms with Gasteiger partial charge in [-0.25, -0.2) is 0 Å². The van der Waals surface area contributed by atoms with E-state index in [0.29, 0.717) is 6.42 Å². The van der Waals surface area contributed by atoms with Crippen LogP contribution in [-0.4, -0.2) is 29.0 Å². The van der Waals surface area contributed by atoms with E-state index in [-0.39, 0.29) is 47.3 Å². The zero-order chi connectivity index (χ0) is 15.7. The van der Waals surface area contributed by atoms with Gasteiger partial charge in [-0.2, -0.15) is 0 Å². The summed E-state index contributed by atoms with van der Waals surface area (Å²) in [6.45, 7) is 12.0. The van der Waals surface area contributed by atoms with Gasteiger partial charge in [0.2, 0.25) is 11.8 Å². The fourth-order valence-electron chi connectivity index (χ4n) is 2.30. The zero-order valence-corrected chi connectivity index (χ0v) is 13.6. The molecule has 2 amide bonds. The fraction of sp³-hybridized carbons (Fsp3) is 0.812. The molecule has 1 aliphatic heterocycles. The topological polar surface area (TPSA) is 54.5 Å². The van der Waals surface area contributed by atoms with Crippen molar-refractivity contribution in [3.8, 4) is 0 Å². The number of rotatable bonds is 4. The lowest BCUT2D eigenvalue weighted by Crippen LogP contribution is -2.37. The molecule has 0 aromatic carbocycles. The van der Waals surface area contributed by atoms with Crippen molar-refractivity contribution in [1.82, 2.24) is 4.90 Å². The zero-order valence-electron chi connectivity index (χ0n) is 13.6. The summed E-state index contributed by atoms with van der Waals surface area (Å²) in [6, 6.07) is 0. The number of hydrogen-bond acceptors (Lipinski definition) is 3. The van der Waals surface area contributed by atoms with Crippen LogP contribution in [0.1, 0.15) is 60.8 Å². The molecular weight excluding hydrogens is 254 g/mol. The second-order valence-electron chi connectivity index (χ2n) is 8.04. The second-order valence-corrected chi connectivity index (χ2v) is 8.04. The average molecular weight is 281 g/mol. The molecule has 0 radical (unpaired) electrons. The number of ketones is 1. The summed E-state index contributed by atoms with van der Waals surface area (Å²) in [5.74, 6) is -0.729. The predicted molar refractivity (Wildman–Crippen MR) is 78.0 cm³/mol. The summed E-state index contributed by atoms with van der Waals surface area (Å²) in [5.41, 5.74) is -0.154. The molecule has 0 spiro atoms. The third kappa shape index (κ3) is 4.43. The Morgan fingerprint density at radius 3 is 2.10 bits per heavy atom. The number of hydrogen-bond donors (Lipinski definition) is 0. The van der Waals surface area contributed by atoms with Gasteiger partial charge in [0.25, 0.3) is 0 Å². The highest BCUT2D eigenvalue weighted by molar-refractivity contribution is 6.06. The molecule has 20 heavy (non-hydrogen) atoms. The van der Waals surface area contributed by atoms with Gasteiger partial charge in [0.1, 0.15) is 0 Å². The Morgan fingerprint density at radius 1 is 1.15 bits per heavy atom. The van der Waals surface area contributed by atoms with Crippen LogP contribution < -0.4 is 0 Å². The Kier molecular flexibility index (Phi) is 4.78. The van der Waals surface area contributed by atoms with Crippen LogP contribution in [0.2, 0.25) is 0 Å². The van der Waals surface area contributed by atoms with Crippen LogP contribution in [0.4, 0.5) is 0 Å². The fourth-order valence-corrected chi connectivity index (χ4v) is 2.30. The molecule has 4 heteroatoms. The molecule has 1 aliphatic rings. The minimum Gasteiger partial charge on any atom is -0.298 e. The first-order chi connectivity index (χ1) is 8.92. The lowest BCUT2D eigenvalue weighted by Gasteiger charge is -2.24. The van der Waals surface area contributed by atoms with Crippen LogP contribution in [0.25, 0.3) is 0 Å². The smallest absolute Gasteiger partial charge is 0.233 e. The molecule has 1 atom stereocenters. The van der Waals surface area contributed by atoms with E-state index >= 15 is 0 Å². The van der Waals surface area contributed by atoms with E-state index in [0.717, 1.165) is 11.3 Å². The molecular formula is C16H27NO3. The molecule has 0 aromatic rings. The SMILES string of the molecule is CC(C)(C)CCC(=O)CN1C(=O)CC(C(C)(C)C)C1=O. The molecule has 0 saturated carbocycles. The number of likely N-dealkylation sites (tertiary alicyclic amines) is 1. The number of carbonyl (C=O) groups excluding carboxylic acids is 3. The molecule has 0 aliphatic carbocycles. The molecule has 0 aromatic heterocycles. The van der Waals surface area contributed by atoms with E-state index in [1.165, 1.54) is 0 Å². The molecule has 1 unspecified atom stereocenters. The molecule has 1 saturated heterocycles. The van der Waals surface area contributed by atoms with Crippen molar-refractivity contribution in [3.63, 3.8) is 0 Å². The number of carbonyl (C=O) groups is 3. The van der Waals surface area contributed by atoms with Crippen LogP contribution >= 0.6 is 0 Å². The largest absolute Gasteiger partial charge is 0.298 e. The first kappa shape index (κ1) is 16.9. The summed E-state index contributed by atoms with van der Waals surface area (Å²) in [4.78, 5) is 37.3. The minimum absolute atomic E-state index is 0.0313. The van der Waals surface area contributed by atoms with Gasteiger partial charge in [-0.15, -0.1) is 0 Å². The molecule has 1 heterocycles. The maximum Gasteiger partial charge on any atom is 0.233 e. The highest BCUT2D eigenvalue weighted by Crippen LogP contribution is 2.35. The monoisotopic (exact) mass is 281 g/mol. The van der Waals surface area contributed by atoms with Crippen LogP contribution in [0.15, 0.2) is 0 Å². The van der Waals surface area contributed by atoms with Gasteiger partial charge in [0.15, 0.2) is 5.78 Å². The first-order valence-corrected chi connectivity index (χ1v) is 7.28. The highest BCUT2D eigenvalue weighted by atomic mass is 16.2. The Hall–Kier alpha value is -1.19. The Labute approximate surface area is 121 Å². The first-order valence-electron chi connectivity index (χ1n) is 7.28. The van der Waals surface area contributed by atoms with Crippen molar-refractivity contribution in [2.24, 2.45) is 16.7 Å². The standard InChI is InChI=1S/C16H27NO3/c1-15(2,3)8-7-11(18)10-17-13(19)9-12(14(17)20)16(4,5)6/h12H,7-10H2,1-6H3. The lowest BCUT2D eigenvalue weighted by atomic mass is 9.80. The summed E-state index contributed by atoms with van der Waals surface area (Å²) in [6.07, 6.45) is 1.42. The normalized spacial score (nSPS) is 20.7. The maximum absolute atomic E-state index is 12.3. The number of amides is 2. The van der Waals surface area contributed by atoms with Crippen LogP contribution in [-0.2, 0) is 14.4 Å². The maximum atomic E-state index is 12.3. The highest BCUT2D eigenvalue weighted by Gasteiger charge is 2.44. The van der Waals surface area contributed by atoms with Crippen molar-refractivity contribution in [2.75, 3.05) is 6.54 Å². The van der Waals surface area contributed by atoms with Crippen LogP contribution in [0, 0.1) is 16.7 Å². The number of imide groups is 1. The van der Waals surface area contributed by atoms with Gasteiger partial charge < -0.3 is 0 Å². The predicted octanol–water partition coefficient (Wildman–Crippen LogP) is 2.80. The average Bonchev–Trinajstić information content (AvgIpc) is 2.53. The van der Waals surface area contributed by atoms with Crippen molar-refractivity contribution >= 4 is 17.6 Å². The van der Waals surface area contributed by atoms with Crippen molar-refractivity contribution < 1.29 is 14.4 Å². The number of Topliss-reactive ketones (excluding diaryl/α,β-unsaturated/α-hetero) is 1. The molecule has 114 valence electrons. The van der Waals surface area contributed by atoms with Crippen LogP contribution in [0.5, 0.6) is 0 Å². The van der Waals surface area contributed by atoms with E-state index in [9.17, 15) is 14.4 Å². The summed E-state index contributed by atoms with van der Waals surface area (Å²) in [7, 11) is 0. The third-order valence-corrected chi connectivity index (χ3v) is 3.78. The summed E-state index contributed by atoms with van der Waals surface area (Å²) >= 11 is 0. The molecule has 0 bridgehead atoms. The Bertz CT molecular complexity index is 412. The van der Waals surface area contributed by atoms with Gasteiger partial charge in [-0.1, -0.05) is 41.5 Å². The van der Waals surface area contributed by atoms with E-state index in [4.69, 9.17) is 0 Å². The Balaban J connectivity index is 2.63. The lowest BCUT2D eigenvalue weighted by molar-refractivity contribution is -0.143. The van der Waals surface area contributed by atoms with E-state index in [1.807, 2.05) is 20.8 Å². The molecule has 4 nitrogen and oxygen atoms in total. The molecule has 0 N–H and O–H groups in total. The van der Waals surface area contributed by atoms with E-state index < -0.39 is 0 Å².